The Bertz CT molecular complexity index is 419. The Labute approximate surface area is 120 Å². The zero-order chi connectivity index (χ0) is 14.4. The van der Waals surface area contributed by atoms with E-state index in [9.17, 15) is 4.39 Å². The van der Waals surface area contributed by atoms with Gasteiger partial charge >= 0.3 is 0 Å². The SMILES string of the molecule is CNC(C)c1ccc(OCCCC2CCCO2)cc1F. The van der Waals surface area contributed by atoms with Crippen LogP contribution < -0.4 is 10.1 Å². The third-order valence-electron chi connectivity index (χ3n) is 3.83. The van der Waals surface area contributed by atoms with Crippen LogP contribution in [-0.2, 0) is 4.74 Å². The standard InChI is InChI=1S/C16H24FNO2/c1-12(18-2)15-8-7-14(11-16(15)17)20-10-4-6-13-5-3-9-19-13/h7-8,11-13,18H,3-6,9-10H2,1-2H3. The van der Waals surface area contributed by atoms with Gasteiger partial charge in [-0.15, -0.1) is 0 Å². The molecular weight excluding hydrogens is 257 g/mol. The second-order valence-corrected chi connectivity index (χ2v) is 5.32. The number of halogens is 1. The average molecular weight is 281 g/mol. The maximum atomic E-state index is 13.9. The lowest BCUT2D eigenvalue weighted by molar-refractivity contribution is 0.0981. The fourth-order valence-electron chi connectivity index (χ4n) is 2.48. The molecule has 0 spiro atoms. The Morgan fingerprint density at radius 2 is 2.35 bits per heavy atom. The van der Waals surface area contributed by atoms with E-state index in [1.165, 1.54) is 12.5 Å². The highest BCUT2D eigenvalue weighted by molar-refractivity contribution is 5.30. The summed E-state index contributed by atoms with van der Waals surface area (Å²) in [4.78, 5) is 0. The van der Waals surface area contributed by atoms with E-state index in [4.69, 9.17) is 9.47 Å². The van der Waals surface area contributed by atoms with Crippen LogP contribution in [0.3, 0.4) is 0 Å². The van der Waals surface area contributed by atoms with Crippen LogP contribution in [0.4, 0.5) is 4.39 Å². The van der Waals surface area contributed by atoms with Gasteiger partial charge in [0.2, 0.25) is 0 Å². The van der Waals surface area contributed by atoms with Gasteiger partial charge in [-0.3, -0.25) is 0 Å². The van der Waals surface area contributed by atoms with Crippen molar-refractivity contribution in [2.75, 3.05) is 20.3 Å². The molecule has 20 heavy (non-hydrogen) atoms. The summed E-state index contributed by atoms with van der Waals surface area (Å²) in [6.45, 7) is 3.43. The van der Waals surface area contributed by atoms with Crippen LogP contribution in [0.2, 0.25) is 0 Å². The molecule has 2 rings (SSSR count). The van der Waals surface area contributed by atoms with Crippen LogP contribution >= 0.6 is 0 Å². The fourth-order valence-corrected chi connectivity index (χ4v) is 2.48. The number of nitrogens with one attached hydrogen (secondary N) is 1. The molecule has 1 aromatic carbocycles. The molecule has 3 nitrogen and oxygen atoms in total. The molecule has 2 unspecified atom stereocenters. The Hall–Kier alpha value is -1.13. The third-order valence-corrected chi connectivity index (χ3v) is 3.83. The molecule has 1 saturated heterocycles. The van der Waals surface area contributed by atoms with Gasteiger partial charge in [-0.1, -0.05) is 6.07 Å². The van der Waals surface area contributed by atoms with Crippen LogP contribution in [0, 0.1) is 5.82 Å². The molecule has 2 atom stereocenters. The van der Waals surface area contributed by atoms with Gasteiger partial charge in [-0.05, 0) is 45.7 Å². The number of ether oxygens (including phenoxy) is 2. The highest BCUT2D eigenvalue weighted by Gasteiger charge is 2.15. The predicted octanol–water partition coefficient (Wildman–Crippen LogP) is 3.44. The zero-order valence-corrected chi connectivity index (χ0v) is 12.3. The molecule has 1 aliphatic heterocycles. The molecule has 1 N–H and O–H groups in total. The van der Waals surface area contributed by atoms with E-state index in [1.807, 2.05) is 20.0 Å². The van der Waals surface area contributed by atoms with Crippen molar-refractivity contribution in [2.24, 2.45) is 0 Å². The van der Waals surface area contributed by atoms with Gasteiger partial charge in [-0.25, -0.2) is 4.39 Å². The largest absolute Gasteiger partial charge is 0.493 e. The molecule has 0 saturated carbocycles. The Balaban J connectivity index is 1.76. The first-order chi connectivity index (χ1) is 9.70. The lowest BCUT2D eigenvalue weighted by Gasteiger charge is -2.14. The summed E-state index contributed by atoms with van der Waals surface area (Å²) in [5.74, 6) is 0.380. The van der Waals surface area contributed by atoms with E-state index >= 15 is 0 Å². The molecule has 1 aromatic rings. The summed E-state index contributed by atoms with van der Waals surface area (Å²) in [5, 5.41) is 3.03. The summed E-state index contributed by atoms with van der Waals surface area (Å²) >= 11 is 0. The first kappa shape index (κ1) is 15.3. The minimum Gasteiger partial charge on any atom is -0.493 e. The monoisotopic (exact) mass is 281 g/mol. The maximum absolute atomic E-state index is 13.9. The molecule has 0 radical (unpaired) electrons. The first-order valence-corrected chi connectivity index (χ1v) is 7.42. The van der Waals surface area contributed by atoms with Gasteiger partial charge in [0.25, 0.3) is 0 Å². The van der Waals surface area contributed by atoms with E-state index in [-0.39, 0.29) is 11.9 Å². The van der Waals surface area contributed by atoms with Gasteiger partial charge in [0.05, 0.1) is 12.7 Å². The molecule has 1 heterocycles. The smallest absolute Gasteiger partial charge is 0.131 e. The van der Waals surface area contributed by atoms with Crippen LogP contribution in [0.15, 0.2) is 18.2 Å². The Morgan fingerprint density at radius 1 is 1.50 bits per heavy atom. The highest BCUT2D eigenvalue weighted by atomic mass is 19.1. The quantitative estimate of drug-likeness (QED) is 0.777. The Kier molecular flexibility index (Phi) is 5.80. The molecule has 1 fully saturated rings. The number of rotatable bonds is 7. The third kappa shape index (κ3) is 4.18. The normalized spacial score (nSPS) is 20.1. The fraction of sp³-hybridized carbons (Fsp3) is 0.625. The molecule has 0 aliphatic carbocycles. The molecule has 0 aromatic heterocycles. The van der Waals surface area contributed by atoms with Gasteiger partial charge in [-0.2, -0.15) is 0 Å². The van der Waals surface area contributed by atoms with Crippen molar-refractivity contribution in [1.29, 1.82) is 0 Å². The minimum absolute atomic E-state index is 0.00330. The number of hydrogen-bond acceptors (Lipinski definition) is 3. The summed E-state index contributed by atoms with van der Waals surface area (Å²) in [5.41, 5.74) is 0.666. The summed E-state index contributed by atoms with van der Waals surface area (Å²) < 4.78 is 25.1. The van der Waals surface area contributed by atoms with E-state index < -0.39 is 0 Å². The van der Waals surface area contributed by atoms with E-state index in [0.29, 0.717) is 24.0 Å². The van der Waals surface area contributed by atoms with Gasteiger partial charge in [0.1, 0.15) is 11.6 Å². The van der Waals surface area contributed by atoms with E-state index in [2.05, 4.69) is 5.32 Å². The average Bonchev–Trinajstić information content (AvgIpc) is 2.96. The van der Waals surface area contributed by atoms with Crippen molar-refractivity contribution in [3.8, 4) is 5.75 Å². The van der Waals surface area contributed by atoms with Crippen molar-refractivity contribution in [3.05, 3.63) is 29.6 Å². The summed E-state index contributed by atoms with van der Waals surface area (Å²) in [7, 11) is 1.82. The van der Waals surface area contributed by atoms with Crippen LogP contribution in [0.5, 0.6) is 5.75 Å². The molecular formula is C16H24FNO2. The van der Waals surface area contributed by atoms with Crippen LogP contribution in [0.25, 0.3) is 0 Å². The number of benzene rings is 1. The van der Waals surface area contributed by atoms with E-state index in [0.717, 1.165) is 25.9 Å². The van der Waals surface area contributed by atoms with E-state index in [1.54, 1.807) is 6.07 Å². The first-order valence-electron chi connectivity index (χ1n) is 7.42. The Morgan fingerprint density at radius 3 is 3.00 bits per heavy atom. The predicted molar refractivity (Wildman–Crippen MR) is 77.6 cm³/mol. The van der Waals surface area contributed by atoms with Crippen molar-refractivity contribution in [3.63, 3.8) is 0 Å². The lowest BCUT2D eigenvalue weighted by atomic mass is 10.1. The lowest BCUT2D eigenvalue weighted by Crippen LogP contribution is -2.14. The topological polar surface area (TPSA) is 30.5 Å². The van der Waals surface area contributed by atoms with Crippen LogP contribution in [0.1, 0.15) is 44.2 Å². The molecule has 0 amide bonds. The van der Waals surface area contributed by atoms with Gasteiger partial charge in [0.15, 0.2) is 0 Å². The van der Waals surface area contributed by atoms with Gasteiger partial charge < -0.3 is 14.8 Å². The number of hydrogen-bond donors (Lipinski definition) is 1. The summed E-state index contributed by atoms with van der Waals surface area (Å²) in [6, 6.07) is 5.09. The molecule has 0 bridgehead atoms. The van der Waals surface area contributed by atoms with Crippen molar-refractivity contribution in [2.45, 2.75) is 44.8 Å². The highest BCUT2D eigenvalue weighted by Crippen LogP contribution is 2.22. The van der Waals surface area contributed by atoms with Crippen molar-refractivity contribution >= 4 is 0 Å². The second-order valence-electron chi connectivity index (χ2n) is 5.32. The molecule has 112 valence electrons. The second kappa shape index (κ2) is 7.60. The zero-order valence-electron chi connectivity index (χ0n) is 12.3. The molecule has 4 heteroatoms. The van der Waals surface area contributed by atoms with Crippen molar-refractivity contribution in [1.82, 2.24) is 5.32 Å². The maximum Gasteiger partial charge on any atom is 0.131 e. The van der Waals surface area contributed by atoms with Crippen LogP contribution in [-0.4, -0.2) is 26.4 Å². The van der Waals surface area contributed by atoms with Gasteiger partial charge in [0, 0.05) is 24.3 Å². The summed E-state index contributed by atoms with van der Waals surface area (Å²) in [6.07, 6.45) is 4.69. The molecule has 1 aliphatic rings. The van der Waals surface area contributed by atoms with Crippen molar-refractivity contribution < 1.29 is 13.9 Å². The minimum atomic E-state index is -0.219.